The third-order valence-electron chi connectivity index (χ3n) is 3.05. The molecule has 1 aliphatic carbocycles. The van der Waals surface area contributed by atoms with Crippen molar-refractivity contribution in [2.45, 2.75) is 18.9 Å². The van der Waals surface area contributed by atoms with Gasteiger partial charge < -0.3 is 9.88 Å². The fraction of sp³-hybridized carbons (Fsp3) is 0.333. The number of nitrogens with zero attached hydrogens (tertiary/aromatic N) is 3. The van der Waals surface area contributed by atoms with Gasteiger partial charge in [-0.05, 0) is 34.8 Å². The number of nitrogens with one attached hydrogen (secondary N) is 1. The van der Waals surface area contributed by atoms with Gasteiger partial charge in [0.25, 0.3) is 5.91 Å². The molecule has 1 fully saturated rings. The van der Waals surface area contributed by atoms with Crippen LogP contribution < -0.4 is 5.32 Å². The maximum absolute atomic E-state index is 12.2. The molecule has 6 heteroatoms. The van der Waals surface area contributed by atoms with E-state index >= 15 is 0 Å². The van der Waals surface area contributed by atoms with Crippen molar-refractivity contribution in [3.63, 3.8) is 0 Å². The van der Waals surface area contributed by atoms with E-state index in [9.17, 15) is 4.79 Å². The molecule has 0 aromatic carbocycles. The number of aromatic nitrogens is 3. The number of amides is 1. The minimum absolute atomic E-state index is 0.101. The van der Waals surface area contributed by atoms with Gasteiger partial charge in [0.2, 0.25) is 0 Å². The molecule has 1 N–H and O–H groups in total. The Morgan fingerprint density at radius 3 is 2.94 bits per heavy atom. The molecule has 3 rings (SSSR count). The smallest absolute Gasteiger partial charge is 0.273 e. The average Bonchev–Trinajstić information content (AvgIpc) is 3.00. The van der Waals surface area contributed by atoms with Crippen LogP contribution in [0.4, 0.5) is 5.82 Å². The molecule has 0 unspecified atom stereocenters. The summed E-state index contributed by atoms with van der Waals surface area (Å²) in [4.78, 5) is 12.2. The second-order valence-electron chi connectivity index (χ2n) is 4.48. The summed E-state index contributed by atoms with van der Waals surface area (Å²) >= 11 is 3.42. The van der Waals surface area contributed by atoms with Gasteiger partial charge in [-0.15, -0.1) is 0 Å². The fourth-order valence-electron chi connectivity index (χ4n) is 1.96. The van der Waals surface area contributed by atoms with Crippen molar-refractivity contribution in [2.75, 3.05) is 5.32 Å². The van der Waals surface area contributed by atoms with Crippen LogP contribution in [-0.2, 0) is 7.05 Å². The molecule has 0 atom stereocenters. The van der Waals surface area contributed by atoms with Gasteiger partial charge in [0.1, 0.15) is 11.5 Å². The summed E-state index contributed by atoms with van der Waals surface area (Å²) in [6.07, 6.45) is 5.92. The summed E-state index contributed by atoms with van der Waals surface area (Å²) < 4.78 is 4.61. The van der Waals surface area contributed by atoms with E-state index in [1.54, 1.807) is 24.0 Å². The lowest BCUT2D eigenvalue weighted by Gasteiger charge is -2.08. The number of carbonyl (C=O) groups excluding carboxylic acids is 1. The number of aryl methyl sites for hydroxylation is 1. The molecule has 5 nitrogen and oxygen atoms in total. The molecule has 0 bridgehead atoms. The van der Waals surface area contributed by atoms with Crippen LogP contribution in [0.3, 0.4) is 0 Å². The van der Waals surface area contributed by atoms with Gasteiger partial charge in [-0.2, -0.15) is 5.10 Å². The summed E-state index contributed by atoms with van der Waals surface area (Å²) in [5.41, 5.74) is 0.686. The average molecular weight is 309 g/mol. The second kappa shape index (κ2) is 4.28. The van der Waals surface area contributed by atoms with Crippen LogP contribution >= 0.6 is 15.9 Å². The van der Waals surface area contributed by atoms with E-state index in [0.29, 0.717) is 17.6 Å². The number of hydrogen-bond donors (Lipinski definition) is 1. The van der Waals surface area contributed by atoms with Crippen molar-refractivity contribution < 1.29 is 4.79 Å². The molecule has 94 valence electrons. The summed E-state index contributed by atoms with van der Waals surface area (Å²) in [5, 5.41) is 6.89. The summed E-state index contributed by atoms with van der Waals surface area (Å²) in [6, 6.07) is 4.10. The Kier molecular flexibility index (Phi) is 2.74. The zero-order chi connectivity index (χ0) is 12.7. The normalized spacial score (nSPS) is 14.8. The Labute approximate surface area is 113 Å². The molecule has 1 amide bonds. The van der Waals surface area contributed by atoms with E-state index in [-0.39, 0.29) is 5.91 Å². The number of carbonyl (C=O) groups is 1. The molecular weight excluding hydrogens is 296 g/mol. The summed E-state index contributed by atoms with van der Waals surface area (Å²) in [7, 11) is 1.80. The highest BCUT2D eigenvalue weighted by atomic mass is 79.9. The van der Waals surface area contributed by atoms with Crippen molar-refractivity contribution >= 4 is 27.7 Å². The number of hydrogen-bond acceptors (Lipinski definition) is 2. The lowest BCUT2D eigenvalue weighted by molar-refractivity contribution is 0.101. The number of rotatable bonds is 3. The van der Waals surface area contributed by atoms with Gasteiger partial charge in [-0.25, -0.2) is 0 Å². The van der Waals surface area contributed by atoms with Crippen molar-refractivity contribution in [3.8, 4) is 0 Å². The molecule has 0 spiro atoms. The van der Waals surface area contributed by atoms with E-state index < -0.39 is 0 Å². The van der Waals surface area contributed by atoms with E-state index in [4.69, 9.17) is 0 Å². The Morgan fingerprint density at radius 1 is 1.56 bits per heavy atom. The largest absolute Gasteiger partial charge is 0.339 e. The van der Waals surface area contributed by atoms with Crippen LogP contribution in [0.25, 0.3) is 0 Å². The Morgan fingerprint density at radius 2 is 2.33 bits per heavy atom. The molecule has 1 aliphatic rings. The van der Waals surface area contributed by atoms with Crippen LogP contribution in [0, 0.1) is 0 Å². The molecule has 0 aliphatic heterocycles. The van der Waals surface area contributed by atoms with Gasteiger partial charge in [-0.3, -0.25) is 9.48 Å². The second-order valence-corrected chi connectivity index (χ2v) is 5.39. The quantitative estimate of drug-likeness (QED) is 0.947. The Hall–Kier alpha value is -1.56. The third kappa shape index (κ3) is 2.08. The first-order valence-electron chi connectivity index (χ1n) is 5.82. The third-order valence-corrected chi connectivity index (χ3v) is 3.48. The van der Waals surface area contributed by atoms with Crippen molar-refractivity contribution in [2.24, 2.45) is 7.05 Å². The highest BCUT2D eigenvalue weighted by Crippen LogP contribution is 2.37. The molecule has 2 aromatic rings. The standard InChI is InChI=1S/C12H13BrN4O/c1-16-11(4-5-14-16)15-12(18)10-6-8(13)7-17(10)9-2-3-9/h4-7,9H,2-3H2,1H3,(H,15,18). The first-order chi connectivity index (χ1) is 8.65. The molecule has 1 saturated carbocycles. The molecule has 0 radical (unpaired) electrons. The van der Waals surface area contributed by atoms with E-state index in [2.05, 4.69) is 26.3 Å². The highest BCUT2D eigenvalue weighted by Gasteiger charge is 2.27. The Balaban J connectivity index is 1.86. The van der Waals surface area contributed by atoms with Crippen LogP contribution in [0.5, 0.6) is 0 Å². The predicted molar refractivity (Wildman–Crippen MR) is 71.6 cm³/mol. The topological polar surface area (TPSA) is 51.9 Å². The van der Waals surface area contributed by atoms with Crippen LogP contribution in [-0.4, -0.2) is 20.3 Å². The van der Waals surface area contributed by atoms with Gasteiger partial charge in [0, 0.05) is 29.8 Å². The molecular formula is C12H13BrN4O. The van der Waals surface area contributed by atoms with Crippen molar-refractivity contribution in [1.82, 2.24) is 14.3 Å². The zero-order valence-electron chi connectivity index (χ0n) is 9.93. The first kappa shape index (κ1) is 11.5. The van der Waals surface area contributed by atoms with Crippen LogP contribution in [0.1, 0.15) is 29.4 Å². The SMILES string of the molecule is Cn1nccc1NC(=O)c1cc(Br)cn1C1CC1. The van der Waals surface area contributed by atoms with Gasteiger partial charge in [0.05, 0.1) is 6.20 Å². The monoisotopic (exact) mass is 308 g/mol. The Bertz CT molecular complexity index is 597. The zero-order valence-corrected chi connectivity index (χ0v) is 11.5. The number of halogens is 1. The maximum atomic E-state index is 12.2. The minimum atomic E-state index is -0.101. The van der Waals surface area contributed by atoms with E-state index in [1.165, 1.54) is 0 Å². The van der Waals surface area contributed by atoms with E-state index in [0.717, 1.165) is 17.3 Å². The van der Waals surface area contributed by atoms with Crippen molar-refractivity contribution in [3.05, 3.63) is 34.7 Å². The lowest BCUT2D eigenvalue weighted by Crippen LogP contribution is -2.18. The maximum Gasteiger partial charge on any atom is 0.273 e. The van der Waals surface area contributed by atoms with Gasteiger partial charge in [-0.1, -0.05) is 0 Å². The first-order valence-corrected chi connectivity index (χ1v) is 6.61. The fourth-order valence-corrected chi connectivity index (χ4v) is 2.40. The van der Waals surface area contributed by atoms with E-state index in [1.807, 2.05) is 16.8 Å². The minimum Gasteiger partial charge on any atom is -0.339 e. The number of anilines is 1. The highest BCUT2D eigenvalue weighted by molar-refractivity contribution is 9.10. The molecule has 18 heavy (non-hydrogen) atoms. The van der Waals surface area contributed by atoms with Gasteiger partial charge in [0.15, 0.2) is 0 Å². The molecule has 0 saturated heterocycles. The summed E-state index contributed by atoms with van der Waals surface area (Å²) in [6.45, 7) is 0. The van der Waals surface area contributed by atoms with Crippen LogP contribution in [0.2, 0.25) is 0 Å². The predicted octanol–water partition coefficient (Wildman–Crippen LogP) is 2.57. The molecule has 2 heterocycles. The van der Waals surface area contributed by atoms with Crippen LogP contribution in [0.15, 0.2) is 29.0 Å². The lowest BCUT2D eigenvalue weighted by atomic mass is 10.4. The summed E-state index contributed by atoms with van der Waals surface area (Å²) in [5.74, 6) is 0.593. The molecule has 2 aromatic heterocycles. The van der Waals surface area contributed by atoms with Crippen molar-refractivity contribution in [1.29, 1.82) is 0 Å². The van der Waals surface area contributed by atoms with Gasteiger partial charge >= 0.3 is 0 Å².